The molecule has 0 aliphatic carbocycles. The SMILES string of the molecule is CCCCS(CCC)(CCCC)c1cc(C)c(NCCC)c(C)n1. The van der Waals surface area contributed by atoms with Crippen molar-refractivity contribution >= 4 is 15.7 Å². The lowest BCUT2D eigenvalue weighted by molar-refractivity contribution is 0.853. The van der Waals surface area contributed by atoms with Gasteiger partial charge in [0.2, 0.25) is 0 Å². The van der Waals surface area contributed by atoms with Crippen molar-refractivity contribution in [2.75, 3.05) is 29.1 Å². The first kappa shape index (κ1) is 21.3. The van der Waals surface area contributed by atoms with Crippen LogP contribution in [-0.2, 0) is 0 Å². The molecule has 140 valence electrons. The average molecular weight is 353 g/mol. The highest BCUT2D eigenvalue weighted by molar-refractivity contribution is 8.33. The molecule has 1 rings (SSSR count). The molecule has 1 N–H and O–H groups in total. The highest BCUT2D eigenvalue weighted by Crippen LogP contribution is 2.57. The number of unbranched alkanes of at least 4 members (excludes halogenated alkanes) is 2. The summed E-state index contributed by atoms with van der Waals surface area (Å²) in [6.07, 6.45) is 7.69. The predicted octanol–water partition coefficient (Wildman–Crippen LogP) is 6.69. The zero-order valence-corrected chi connectivity index (χ0v) is 17.8. The Bertz CT molecular complexity index is 454. The largest absolute Gasteiger partial charge is 0.383 e. The quantitative estimate of drug-likeness (QED) is 0.453. The lowest BCUT2D eigenvalue weighted by atomic mass is 10.2. The van der Waals surface area contributed by atoms with Gasteiger partial charge in [-0.1, -0.05) is 40.5 Å². The lowest BCUT2D eigenvalue weighted by Gasteiger charge is -2.40. The van der Waals surface area contributed by atoms with Gasteiger partial charge >= 0.3 is 0 Å². The molecule has 1 aromatic heterocycles. The molecule has 0 bridgehead atoms. The predicted molar refractivity (Wildman–Crippen MR) is 113 cm³/mol. The molecule has 0 aliphatic rings. The van der Waals surface area contributed by atoms with E-state index in [-0.39, 0.29) is 0 Å². The standard InChI is InChI=1S/C21H40N2S/c1-7-11-15-24(14-10-4,16-12-8-2)20-17-18(5)21(19(6)23-20)22-13-9-3/h17,22H,7-16H2,1-6H3. The van der Waals surface area contributed by atoms with Crippen LogP contribution in [0.1, 0.15) is 77.5 Å². The van der Waals surface area contributed by atoms with Crippen LogP contribution in [0.5, 0.6) is 0 Å². The topological polar surface area (TPSA) is 24.9 Å². The van der Waals surface area contributed by atoms with Crippen LogP contribution in [0.25, 0.3) is 0 Å². The molecule has 24 heavy (non-hydrogen) atoms. The van der Waals surface area contributed by atoms with Gasteiger partial charge in [-0.25, -0.2) is 4.98 Å². The molecule has 0 amide bonds. The van der Waals surface area contributed by atoms with Gasteiger partial charge in [0.15, 0.2) is 0 Å². The van der Waals surface area contributed by atoms with Crippen LogP contribution in [-0.4, -0.2) is 28.8 Å². The number of aryl methyl sites for hydroxylation is 2. The second-order valence-electron chi connectivity index (χ2n) is 7.03. The summed E-state index contributed by atoms with van der Waals surface area (Å²) in [5.74, 6) is 4.08. The highest BCUT2D eigenvalue weighted by Gasteiger charge is 2.27. The molecule has 0 unspecified atom stereocenters. The molecule has 1 heterocycles. The van der Waals surface area contributed by atoms with Crippen LogP contribution >= 0.6 is 10.0 Å². The summed E-state index contributed by atoms with van der Waals surface area (Å²) in [6.45, 7) is 14.7. The maximum Gasteiger partial charge on any atom is 0.0798 e. The van der Waals surface area contributed by atoms with Crippen molar-refractivity contribution in [1.29, 1.82) is 0 Å². The van der Waals surface area contributed by atoms with Gasteiger partial charge in [-0.15, -0.1) is 0 Å². The third-order valence-corrected chi connectivity index (χ3v) is 9.17. The molecule has 0 atom stereocenters. The van der Waals surface area contributed by atoms with E-state index in [2.05, 4.69) is 52.9 Å². The summed E-state index contributed by atoms with van der Waals surface area (Å²) in [7, 11) is -0.771. The van der Waals surface area contributed by atoms with E-state index in [0.717, 1.165) is 13.0 Å². The van der Waals surface area contributed by atoms with Crippen LogP contribution in [0.3, 0.4) is 0 Å². The lowest BCUT2D eigenvalue weighted by Crippen LogP contribution is -2.17. The second kappa shape index (κ2) is 11.0. The second-order valence-corrected chi connectivity index (χ2v) is 10.8. The summed E-state index contributed by atoms with van der Waals surface area (Å²) < 4.78 is 0. The van der Waals surface area contributed by atoms with Crippen molar-refractivity contribution in [2.24, 2.45) is 0 Å². The van der Waals surface area contributed by atoms with Crippen LogP contribution in [0, 0.1) is 13.8 Å². The minimum absolute atomic E-state index is 0.771. The number of nitrogens with zero attached hydrogens (tertiary/aromatic N) is 1. The van der Waals surface area contributed by atoms with Crippen molar-refractivity contribution in [3.05, 3.63) is 17.3 Å². The number of hydrogen-bond acceptors (Lipinski definition) is 2. The Balaban J connectivity index is 3.24. The molecule has 0 radical (unpaired) electrons. The molecule has 0 saturated heterocycles. The Labute approximate surface area is 152 Å². The van der Waals surface area contributed by atoms with Gasteiger partial charge in [-0.3, -0.25) is 0 Å². The fraction of sp³-hybridized carbons (Fsp3) is 0.762. The number of aromatic nitrogens is 1. The van der Waals surface area contributed by atoms with Crippen molar-refractivity contribution < 1.29 is 0 Å². The van der Waals surface area contributed by atoms with Crippen LogP contribution < -0.4 is 5.32 Å². The Kier molecular flexibility index (Phi) is 9.80. The van der Waals surface area contributed by atoms with Gasteiger partial charge in [-0.05, 0) is 68.4 Å². The van der Waals surface area contributed by atoms with Crippen molar-refractivity contribution in [2.45, 2.75) is 85.1 Å². The molecule has 3 heteroatoms. The van der Waals surface area contributed by atoms with E-state index in [9.17, 15) is 0 Å². The van der Waals surface area contributed by atoms with Gasteiger partial charge in [0.1, 0.15) is 0 Å². The zero-order chi connectivity index (χ0) is 18.0. The van der Waals surface area contributed by atoms with E-state index < -0.39 is 10.0 Å². The number of anilines is 1. The molecule has 0 aromatic carbocycles. The van der Waals surface area contributed by atoms with E-state index >= 15 is 0 Å². The van der Waals surface area contributed by atoms with Crippen molar-refractivity contribution in [3.8, 4) is 0 Å². The number of hydrogen-bond donors (Lipinski definition) is 1. The van der Waals surface area contributed by atoms with E-state index in [1.165, 1.54) is 71.3 Å². The molecule has 2 nitrogen and oxygen atoms in total. The zero-order valence-electron chi connectivity index (χ0n) is 17.0. The molecular formula is C21H40N2S. The van der Waals surface area contributed by atoms with Gasteiger partial charge in [0, 0.05) is 6.54 Å². The number of rotatable bonds is 12. The number of nitrogens with one attached hydrogen (secondary N) is 1. The first-order valence-electron chi connectivity index (χ1n) is 10.0. The minimum Gasteiger partial charge on any atom is -0.383 e. The molecule has 0 fully saturated rings. The first-order valence-corrected chi connectivity index (χ1v) is 12.2. The number of pyridine rings is 1. The van der Waals surface area contributed by atoms with E-state index in [1.807, 2.05) is 0 Å². The van der Waals surface area contributed by atoms with Crippen molar-refractivity contribution in [1.82, 2.24) is 4.98 Å². The smallest absolute Gasteiger partial charge is 0.0798 e. The molecular weight excluding hydrogens is 312 g/mol. The molecule has 1 aromatic rings. The minimum atomic E-state index is -0.771. The molecule has 0 saturated carbocycles. The van der Waals surface area contributed by atoms with E-state index in [4.69, 9.17) is 4.98 Å². The van der Waals surface area contributed by atoms with Crippen LogP contribution in [0.2, 0.25) is 0 Å². The first-order chi connectivity index (χ1) is 11.5. The summed E-state index contributed by atoms with van der Waals surface area (Å²) >= 11 is 0. The fourth-order valence-corrected chi connectivity index (χ4v) is 7.85. The summed E-state index contributed by atoms with van der Waals surface area (Å²) in [4.78, 5) is 5.16. The van der Waals surface area contributed by atoms with Gasteiger partial charge in [0.25, 0.3) is 0 Å². The maximum atomic E-state index is 5.16. The van der Waals surface area contributed by atoms with Crippen molar-refractivity contribution in [3.63, 3.8) is 0 Å². The monoisotopic (exact) mass is 352 g/mol. The third-order valence-electron chi connectivity index (χ3n) is 4.74. The Morgan fingerprint density at radius 1 is 0.875 bits per heavy atom. The molecule has 0 spiro atoms. The normalized spacial score (nSPS) is 12.4. The van der Waals surface area contributed by atoms with E-state index in [1.54, 1.807) is 0 Å². The van der Waals surface area contributed by atoms with Crippen LogP contribution in [0.15, 0.2) is 11.1 Å². The molecule has 0 aliphatic heterocycles. The van der Waals surface area contributed by atoms with Crippen LogP contribution in [0.4, 0.5) is 5.69 Å². The van der Waals surface area contributed by atoms with E-state index in [0.29, 0.717) is 0 Å². The fourth-order valence-electron chi connectivity index (χ4n) is 3.39. The van der Waals surface area contributed by atoms with Gasteiger partial charge < -0.3 is 5.32 Å². The highest BCUT2D eigenvalue weighted by atomic mass is 32.3. The summed E-state index contributed by atoms with van der Waals surface area (Å²) in [5.41, 5.74) is 3.84. The maximum absolute atomic E-state index is 5.16. The Hall–Kier alpha value is -0.700. The van der Waals surface area contributed by atoms with Gasteiger partial charge in [0.05, 0.1) is 16.4 Å². The third kappa shape index (κ3) is 5.68. The Morgan fingerprint density at radius 2 is 1.50 bits per heavy atom. The average Bonchev–Trinajstić information content (AvgIpc) is 2.56. The Morgan fingerprint density at radius 3 is 1.96 bits per heavy atom. The van der Waals surface area contributed by atoms with Gasteiger partial charge in [-0.2, -0.15) is 10.0 Å². The summed E-state index contributed by atoms with van der Waals surface area (Å²) in [6, 6.07) is 2.42. The summed E-state index contributed by atoms with van der Waals surface area (Å²) in [5, 5.41) is 5.01.